The van der Waals surface area contributed by atoms with Gasteiger partial charge in [0.1, 0.15) is 23.0 Å². The minimum Gasteiger partial charge on any atom is -0.497 e. The maximum atomic E-state index is 5.56. The largest absolute Gasteiger partial charge is 0.497 e. The number of methoxy groups -OCH3 is 4. The predicted octanol–water partition coefficient (Wildman–Crippen LogP) is 2.81. The van der Waals surface area contributed by atoms with Gasteiger partial charge in [0.25, 0.3) is 0 Å². The van der Waals surface area contributed by atoms with Gasteiger partial charge < -0.3 is 28.3 Å². The molecule has 0 fully saturated rings. The van der Waals surface area contributed by atoms with Crippen LogP contribution in [0.15, 0.2) is 36.4 Å². The van der Waals surface area contributed by atoms with Crippen molar-refractivity contribution in [3.05, 3.63) is 47.5 Å². The third-order valence-electron chi connectivity index (χ3n) is 4.06. The summed E-state index contributed by atoms with van der Waals surface area (Å²) in [6.07, 6.45) is 1.51. The third kappa shape index (κ3) is 7.04. The van der Waals surface area contributed by atoms with Crippen LogP contribution in [0.5, 0.6) is 23.0 Å². The standard InChI is InChI=1S/C20H27BO6/c1-22-17-9-15(10-18(13-17)23-2)5-7-26-21-27-8-6-16-11-19(24-3)14-20(12-16)25-4/h9-14,21H,5-8H2,1-4H3. The Kier molecular flexibility index (Phi) is 8.81. The van der Waals surface area contributed by atoms with E-state index in [0.717, 1.165) is 47.0 Å². The number of rotatable bonds is 12. The lowest BCUT2D eigenvalue weighted by molar-refractivity contribution is 0.225. The second-order valence-corrected chi connectivity index (χ2v) is 5.88. The van der Waals surface area contributed by atoms with Gasteiger partial charge in [0.15, 0.2) is 0 Å². The van der Waals surface area contributed by atoms with Crippen LogP contribution < -0.4 is 18.9 Å². The summed E-state index contributed by atoms with van der Waals surface area (Å²) in [7, 11) is 6.81. The molecule has 0 bridgehead atoms. The zero-order valence-electron chi connectivity index (χ0n) is 16.4. The second-order valence-electron chi connectivity index (χ2n) is 5.88. The summed E-state index contributed by atoms with van der Waals surface area (Å²) < 4.78 is 32.2. The molecule has 0 aliphatic carbocycles. The molecule has 0 aromatic heterocycles. The molecule has 0 aliphatic rings. The molecule has 2 aromatic rings. The molecule has 0 spiro atoms. The number of benzene rings is 2. The van der Waals surface area contributed by atoms with E-state index in [4.69, 9.17) is 28.3 Å². The predicted molar refractivity (Wildman–Crippen MR) is 106 cm³/mol. The molecule has 6 nitrogen and oxygen atoms in total. The lowest BCUT2D eigenvalue weighted by Gasteiger charge is -2.10. The number of hydrogen-bond donors (Lipinski definition) is 0. The molecule has 0 atom stereocenters. The van der Waals surface area contributed by atoms with Crippen molar-refractivity contribution in [1.29, 1.82) is 0 Å². The van der Waals surface area contributed by atoms with Gasteiger partial charge in [0.05, 0.1) is 28.4 Å². The first-order chi connectivity index (χ1) is 13.2. The first-order valence-electron chi connectivity index (χ1n) is 8.78. The van der Waals surface area contributed by atoms with E-state index in [-0.39, 0.29) is 7.69 Å². The monoisotopic (exact) mass is 374 g/mol. The molecule has 0 amide bonds. The lowest BCUT2D eigenvalue weighted by atomic mass is 10.1. The Morgan fingerprint density at radius 1 is 0.556 bits per heavy atom. The number of ether oxygens (including phenoxy) is 4. The molecule has 0 N–H and O–H groups in total. The topological polar surface area (TPSA) is 55.4 Å². The minimum atomic E-state index is 0.252. The number of hydrogen-bond acceptors (Lipinski definition) is 6. The van der Waals surface area contributed by atoms with Crippen molar-refractivity contribution in [2.24, 2.45) is 0 Å². The normalized spacial score (nSPS) is 10.4. The highest BCUT2D eigenvalue weighted by atomic mass is 16.6. The van der Waals surface area contributed by atoms with Crippen LogP contribution in [0.4, 0.5) is 0 Å². The minimum absolute atomic E-state index is 0.252. The zero-order chi connectivity index (χ0) is 19.5. The average Bonchev–Trinajstić information content (AvgIpc) is 2.72. The fourth-order valence-corrected chi connectivity index (χ4v) is 2.58. The Hall–Kier alpha value is -2.38. The van der Waals surface area contributed by atoms with Crippen LogP contribution in [0.2, 0.25) is 0 Å². The maximum absolute atomic E-state index is 5.56. The average molecular weight is 374 g/mol. The quantitative estimate of drug-likeness (QED) is 0.421. The van der Waals surface area contributed by atoms with Crippen LogP contribution in [0.3, 0.4) is 0 Å². The van der Waals surface area contributed by atoms with Gasteiger partial charge in [-0.3, -0.25) is 0 Å². The highest BCUT2D eigenvalue weighted by Crippen LogP contribution is 2.23. The van der Waals surface area contributed by atoms with Gasteiger partial charge in [-0.05, 0) is 48.2 Å². The summed E-state index contributed by atoms with van der Waals surface area (Å²) in [6, 6.07) is 11.6. The Morgan fingerprint density at radius 2 is 0.889 bits per heavy atom. The van der Waals surface area contributed by atoms with Gasteiger partial charge in [-0.2, -0.15) is 0 Å². The Morgan fingerprint density at radius 3 is 1.19 bits per heavy atom. The molecule has 0 aliphatic heterocycles. The zero-order valence-corrected chi connectivity index (χ0v) is 16.4. The van der Waals surface area contributed by atoms with Crippen molar-refractivity contribution >= 4 is 7.69 Å². The van der Waals surface area contributed by atoms with Crippen molar-refractivity contribution in [2.45, 2.75) is 12.8 Å². The molecule has 2 rings (SSSR count). The van der Waals surface area contributed by atoms with Crippen LogP contribution in [-0.4, -0.2) is 49.3 Å². The van der Waals surface area contributed by atoms with Crippen molar-refractivity contribution in [3.8, 4) is 23.0 Å². The van der Waals surface area contributed by atoms with E-state index in [1.54, 1.807) is 28.4 Å². The highest BCUT2D eigenvalue weighted by molar-refractivity contribution is 6.17. The van der Waals surface area contributed by atoms with Crippen LogP contribution in [0, 0.1) is 0 Å². The van der Waals surface area contributed by atoms with E-state index in [9.17, 15) is 0 Å². The molecular weight excluding hydrogens is 347 g/mol. The third-order valence-corrected chi connectivity index (χ3v) is 4.06. The van der Waals surface area contributed by atoms with Crippen LogP contribution in [-0.2, 0) is 22.2 Å². The van der Waals surface area contributed by atoms with Crippen LogP contribution in [0.1, 0.15) is 11.1 Å². The van der Waals surface area contributed by atoms with Gasteiger partial charge in [0, 0.05) is 25.3 Å². The second kappa shape index (κ2) is 11.4. The molecule has 7 heteroatoms. The molecule has 0 heterocycles. The first kappa shape index (κ1) is 20.9. The Labute approximate surface area is 161 Å². The fourth-order valence-electron chi connectivity index (χ4n) is 2.58. The summed E-state index contributed by atoms with van der Waals surface area (Å²) >= 11 is 0. The van der Waals surface area contributed by atoms with E-state index in [2.05, 4.69) is 0 Å². The van der Waals surface area contributed by atoms with Crippen molar-refractivity contribution in [1.82, 2.24) is 0 Å². The van der Waals surface area contributed by atoms with Gasteiger partial charge in [0.2, 0.25) is 0 Å². The van der Waals surface area contributed by atoms with E-state index in [1.165, 1.54) is 0 Å². The smallest absolute Gasteiger partial charge is 0.438 e. The molecule has 146 valence electrons. The maximum Gasteiger partial charge on any atom is 0.438 e. The van der Waals surface area contributed by atoms with E-state index >= 15 is 0 Å². The summed E-state index contributed by atoms with van der Waals surface area (Å²) in [5.74, 6) is 3.09. The summed E-state index contributed by atoms with van der Waals surface area (Å²) in [5, 5.41) is 0. The van der Waals surface area contributed by atoms with Gasteiger partial charge >= 0.3 is 7.69 Å². The van der Waals surface area contributed by atoms with Crippen LogP contribution in [0.25, 0.3) is 0 Å². The summed E-state index contributed by atoms with van der Waals surface area (Å²) in [6.45, 7) is 1.12. The van der Waals surface area contributed by atoms with Gasteiger partial charge in [-0.25, -0.2) is 0 Å². The van der Waals surface area contributed by atoms with Gasteiger partial charge in [-0.1, -0.05) is 0 Å². The van der Waals surface area contributed by atoms with Crippen molar-refractivity contribution in [2.75, 3.05) is 41.7 Å². The molecular formula is C20H27BO6. The summed E-state index contributed by atoms with van der Waals surface area (Å²) in [4.78, 5) is 0. The van der Waals surface area contributed by atoms with E-state index in [1.807, 2.05) is 36.4 Å². The Balaban J connectivity index is 1.68. The van der Waals surface area contributed by atoms with E-state index < -0.39 is 0 Å². The molecule has 0 saturated heterocycles. The van der Waals surface area contributed by atoms with Crippen molar-refractivity contribution < 1.29 is 28.3 Å². The van der Waals surface area contributed by atoms with Crippen LogP contribution >= 0.6 is 0 Å². The highest BCUT2D eigenvalue weighted by Gasteiger charge is 2.04. The van der Waals surface area contributed by atoms with Crippen molar-refractivity contribution in [3.63, 3.8) is 0 Å². The SMILES string of the molecule is COc1cc(CCOBOCCc2cc(OC)cc(OC)c2)cc(OC)c1. The molecule has 0 unspecified atom stereocenters. The fraction of sp³-hybridized carbons (Fsp3) is 0.400. The lowest BCUT2D eigenvalue weighted by Crippen LogP contribution is -2.10. The summed E-state index contributed by atoms with van der Waals surface area (Å²) in [5.41, 5.74) is 2.18. The van der Waals surface area contributed by atoms with Gasteiger partial charge in [-0.15, -0.1) is 0 Å². The first-order valence-corrected chi connectivity index (χ1v) is 8.78. The molecule has 27 heavy (non-hydrogen) atoms. The van der Waals surface area contributed by atoms with E-state index in [0.29, 0.717) is 13.2 Å². The Bertz CT molecular complexity index is 603. The molecule has 2 aromatic carbocycles. The molecule has 0 radical (unpaired) electrons. The molecule has 0 saturated carbocycles.